The predicted molar refractivity (Wildman–Crippen MR) is 135 cm³/mol. The third kappa shape index (κ3) is 15.0. The number of carbonyl (C=O) groups is 2. The van der Waals surface area contributed by atoms with Gasteiger partial charge in [0.2, 0.25) is 0 Å². The first-order valence-corrected chi connectivity index (χ1v) is 11.3. The molecule has 0 bridgehead atoms. The molecule has 2 N–H and O–H groups in total. The Kier molecular flexibility index (Phi) is 16.9. The average Bonchev–Trinajstić information content (AvgIpc) is 2.72. The van der Waals surface area contributed by atoms with E-state index in [0.717, 1.165) is 39.0 Å². The molecule has 0 aromatic carbocycles. The molecule has 0 amide bonds. The van der Waals surface area contributed by atoms with Gasteiger partial charge in [-0.15, -0.1) is 0 Å². The zero-order valence-corrected chi connectivity index (χ0v) is 22.1. The maximum absolute atomic E-state index is 11.4. The third-order valence-corrected chi connectivity index (χ3v) is 4.78. The summed E-state index contributed by atoms with van der Waals surface area (Å²) in [6, 6.07) is 0. The number of hydrogen-bond donors (Lipinski definition) is 2. The van der Waals surface area contributed by atoms with Crippen molar-refractivity contribution >= 4 is 34.8 Å². The number of nitrogens with one attached hydrogen (secondary N) is 2. The van der Waals surface area contributed by atoms with Gasteiger partial charge in [-0.1, -0.05) is 23.2 Å². The molecule has 0 saturated carbocycles. The number of allylic oxidation sites excluding steroid dienone is 10. The summed E-state index contributed by atoms with van der Waals surface area (Å²) >= 11 is 11.6. The number of halogens is 2. The zero-order valence-electron chi connectivity index (χ0n) is 19.6. The van der Waals surface area contributed by atoms with Crippen molar-refractivity contribution in [2.45, 2.75) is 12.8 Å². The molecule has 0 saturated heterocycles. The van der Waals surface area contributed by atoms with Crippen molar-refractivity contribution in [1.82, 2.24) is 20.4 Å². The second-order valence-electron chi connectivity index (χ2n) is 7.87. The van der Waals surface area contributed by atoms with Gasteiger partial charge in [0.1, 0.15) is 0 Å². The minimum Gasteiger partial charge on any atom is -0.390 e. The molecule has 0 unspecified atom stereocenters. The van der Waals surface area contributed by atoms with Crippen molar-refractivity contribution in [3.63, 3.8) is 0 Å². The first-order valence-electron chi connectivity index (χ1n) is 10.5. The Balaban J connectivity index is 0.000000602. The molecule has 0 aromatic rings. The van der Waals surface area contributed by atoms with E-state index in [4.69, 9.17) is 23.2 Å². The Hall–Kier alpha value is -1.63. The number of ketones is 2. The normalized spacial score (nSPS) is 17.6. The van der Waals surface area contributed by atoms with Gasteiger partial charge in [-0.3, -0.25) is 9.59 Å². The summed E-state index contributed by atoms with van der Waals surface area (Å²) in [7, 11) is 8.15. The third-order valence-electron chi connectivity index (χ3n) is 4.31. The fraction of sp³-hybridized carbons (Fsp3) is 0.417. The molecule has 184 valence electrons. The summed E-state index contributed by atoms with van der Waals surface area (Å²) in [5.41, 5.74) is 1.22. The molecule has 33 heavy (non-hydrogen) atoms. The standard InChI is InChI=1S/2C12H17ClN2O.Ni/c2*1-15(2)7-3-6-14-9-10-8-11(13)4-5-12(10)16;/h2*4-5,8-9,14H,3,6-7H2,1-2H3;/q;;+2/b2*10-9-;. The summed E-state index contributed by atoms with van der Waals surface area (Å²) in [5.74, 6) is -0.0194. The summed E-state index contributed by atoms with van der Waals surface area (Å²) < 4.78 is 0. The van der Waals surface area contributed by atoms with Crippen LogP contribution in [0, 0.1) is 0 Å². The van der Waals surface area contributed by atoms with Crippen molar-refractivity contribution in [3.05, 3.63) is 70.1 Å². The molecule has 2 aliphatic carbocycles. The Morgan fingerprint density at radius 1 is 0.727 bits per heavy atom. The van der Waals surface area contributed by atoms with Crippen LogP contribution in [0.1, 0.15) is 12.8 Å². The molecule has 6 nitrogen and oxygen atoms in total. The number of hydrogen-bond acceptors (Lipinski definition) is 6. The summed E-state index contributed by atoms with van der Waals surface area (Å²) in [4.78, 5) is 27.1. The van der Waals surface area contributed by atoms with Crippen molar-refractivity contribution in [2.24, 2.45) is 0 Å². The van der Waals surface area contributed by atoms with Crippen molar-refractivity contribution in [3.8, 4) is 0 Å². The minimum absolute atomic E-state index is 0. The second-order valence-corrected chi connectivity index (χ2v) is 8.75. The molecule has 0 radical (unpaired) electrons. The maximum Gasteiger partial charge on any atom is 2.00 e. The van der Waals surface area contributed by atoms with Gasteiger partial charge >= 0.3 is 16.5 Å². The summed E-state index contributed by atoms with van der Waals surface area (Å²) in [6.45, 7) is 3.76. The Morgan fingerprint density at radius 2 is 1.09 bits per heavy atom. The van der Waals surface area contributed by atoms with Crippen molar-refractivity contribution in [1.29, 1.82) is 0 Å². The van der Waals surface area contributed by atoms with E-state index in [2.05, 4.69) is 20.4 Å². The van der Waals surface area contributed by atoms with E-state index >= 15 is 0 Å². The SMILES string of the molecule is CN(C)CCCN/C=C1/C=C(Cl)C=CC1=O.CN(C)CCCN/C=C1/C=C(Cl)C=CC1=O.[Ni+2]. The van der Waals surface area contributed by atoms with E-state index in [0.29, 0.717) is 21.2 Å². The second kappa shape index (κ2) is 17.8. The van der Waals surface area contributed by atoms with Crippen LogP contribution in [0.3, 0.4) is 0 Å². The van der Waals surface area contributed by atoms with E-state index in [-0.39, 0.29) is 28.1 Å². The smallest absolute Gasteiger partial charge is 0.390 e. The molecule has 0 heterocycles. The van der Waals surface area contributed by atoms with Crippen LogP contribution in [0.4, 0.5) is 0 Å². The fourth-order valence-electron chi connectivity index (χ4n) is 2.62. The minimum atomic E-state index is -0.00971. The molecule has 0 spiro atoms. The molecule has 2 aliphatic rings. The van der Waals surface area contributed by atoms with Crippen LogP contribution in [0.5, 0.6) is 0 Å². The molecule has 0 atom stereocenters. The maximum atomic E-state index is 11.4. The van der Waals surface area contributed by atoms with E-state index in [1.165, 1.54) is 12.2 Å². The first-order chi connectivity index (χ1) is 15.2. The number of nitrogens with zero attached hydrogens (tertiary/aromatic N) is 2. The van der Waals surface area contributed by atoms with Gasteiger partial charge in [-0.25, -0.2) is 0 Å². The van der Waals surface area contributed by atoms with Crippen LogP contribution in [0.25, 0.3) is 0 Å². The molecule has 0 aromatic heterocycles. The van der Waals surface area contributed by atoms with E-state index in [1.54, 1.807) is 36.7 Å². The van der Waals surface area contributed by atoms with Gasteiger partial charge in [-0.2, -0.15) is 0 Å². The predicted octanol–water partition coefficient (Wildman–Crippen LogP) is 3.34. The largest absolute Gasteiger partial charge is 2.00 e. The van der Waals surface area contributed by atoms with Crippen molar-refractivity contribution < 1.29 is 26.1 Å². The van der Waals surface area contributed by atoms with Crippen LogP contribution in [-0.2, 0) is 26.1 Å². The topological polar surface area (TPSA) is 64.7 Å². The molecular weight excluding hydrogens is 506 g/mol. The molecule has 2 rings (SSSR count). The summed E-state index contributed by atoms with van der Waals surface area (Å²) in [6.07, 6.45) is 15.0. The molecule has 0 fully saturated rings. The fourth-order valence-corrected chi connectivity index (χ4v) is 2.98. The summed E-state index contributed by atoms with van der Waals surface area (Å²) in [5, 5.41) is 7.40. The molecular formula is C24H34Cl2N4NiO2+2. The zero-order chi connectivity index (χ0) is 23.9. The quantitative estimate of drug-likeness (QED) is 0.252. The number of rotatable bonds is 10. The van der Waals surface area contributed by atoms with Crippen molar-refractivity contribution in [2.75, 3.05) is 54.4 Å². The monoisotopic (exact) mass is 538 g/mol. The van der Waals surface area contributed by atoms with Gasteiger partial charge in [0.05, 0.1) is 0 Å². The molecule has 0 aliphatic heterocycles. The van der Waals surface area contributed by atoms with Crippen LogP contribution in [0.15, 0.2) is 70.1 Å². The van der Waals surface area contributed by atoms with Crippen LogP contribution < -0.4 is 10.6 Å². The Labute approximate surface area is 218 Å². The van der Waals surface area contributed by atoms with E-state index in [9.17, 15) is 9.59 Å². The van der Waals surface area contributed by atoms with Gasteiger partial charge < -0.3 is 20.4 Å². The van der Waals surface area contributed by atoms with Gasteiger partial charge in [-0.05, 0) is 90.6 Å². The van der Waals surface area contributed by atoms with E-state index in [1.807, 2.05) is 28.2 Å². The van der Waals surface area contributed by atoms with Gasteiger partial charge in [0.25, 0.3) is 0 Å². The van der Waals surface area contributed by atoms with Crippen LogP contribution >= 0.6 is 23.2 Å². The average molecular weight is 540 g/mol. The first kappa shape index (κ1) is 31.4. The number of carbonyl (C=O) groups excluding carboxylic acids is 2. The van der Waals surface area contributed by atoms with Crippen LogP contribution in [0.2, 0.25) is 0 Å². The Bertz CT molecular complexity index is 760. The van der Waals surface area contributed by atoms with Crippen LogP contribution in [-0.4, -0.2) is 75.7 Å². The van der Waals surface area contributed by atoms with Gasteiger partial charge in [0, 0.05) is 46.7 Å². The van der Waals surface area contributed by atoms with Gasteiger partial charge in [0.15, 0.2) is 11.6 Å². The Morgan fingerprint density at radius 3 is 1.42 bits per heavy atom. The molecule has 9 heteroatoms. The van der Waals surface area contributed by atoms with E-state index < -0.39 is 0 Å².